The Morgan fingerprint density at radius 2 is 1.91 bits per heavy atom. The fourth-order valence-electron chi connectivity index (χ4n) is 2.93. The van der Waals surface area contributed by atoms with Crippen molar-refractivity contribution in [1.82, 2.24) is 10.2 Å². The number of hydrogen-bond acceptors (Lipinski definition) is 3. The molecular weight excluding hydrogens is 286 g/mol. The van der Waals surface area contributed by atoms with E-state index in [1.54, 1.807) is 29.2 Å². The molecule has 0 aliphatic carbocycles. The van der Waals surface area contributed by atoms with Gasteiger partial charge in [-0.3, -0.25) is 9.69 Å². The lowest BCUT2D eigenvalue weighted by Crippen LogP contribution is -2.40. The van der Waals surface area contributed by atoms with Gasteiger partial charge in [-0.15, -0.1) is 0 Å². The molecule has 2 aliphatic rings. The first-order valence-electron chi connectivity index (χ1n) is 7.27. The molecule has 2 aliphatic heterocycles. The first-order chi connectivity index (χ1) is 10.6. The predicted molar refractivity (Wildman–Crippen MR) is 78.9 cm³/mol. The third-order valence-corrected chi connectivity index (χ3v) is 4.08. The summed E-state index contributed by atoms with van der Waals surface area (Å²) in [4.78, 5) is 38.2. The van der Waals surface area contributed by atoms with Crippen molar-refractivity contribution in [3.8, 4) is 0 Å². The zero-order valence-electron chi connectivity index (χ0n) is 12.0. The third kappa shape index (κ3) is 2.49. The van der Waals surface area contributed by atoms with Crippen molar-refractivity contribution >= 4 is 23.6 Å². The van der Waals surface area contributed by atoms with E-state index in [0.717, 1.165) is 5.69 Å². The van der Waals surface area contributed by atoms with E-state index in [1.165, 1.54) is 4.90 Å². The number of carboxylic acids is 1. The quantitative estimate of drug-likeness (QED) is 0.868. The molecule has 1 atom stereocenters. The Bertz CT molecular complexity index is 614. The molecule has 2 N–H and O–H groups in total. The Balaban J connectivity index is 1.76. The van der Waals surface area contributed by atoms with Gasteiger partial charge in [-0.25, -0.2) is 9.59 Å². The smallest absolute Gasteiger partial charge is 0.326 e. The molecule has 1 aromatic carbocycles. The summed E-state index contributed by atoms with van der Waals surface area (Å²) < 4.78 is 0. The topological polar surface area (TPSA) is 89.9 Å². The van der Waals surface area contributed by atoms with Crippen LogP contribution >= 0.6 is 0 Å². The van der Waals surface area contributed by atoms with Crippen LogP contribution in [0.3, 0.4) is 0 Å². The second-order valence-electron chi connectivity index (χ2n) is 5.43. The Hall–Kier alpha value is -2.57. The van der Waals surface area contributed by atoms with Gasteiger partial charge in [0.2, 0.25) is 0 Å². The summed E-state index contributed by atoms with van der Waals surface area (Å²) in [5.74, 6) is -1.24. The van der Waals surface area contributed by atoms with E-state index in [4.69, 9.17) is 5.11 Å². The van der Waals surface area contributed by atoms with Crippen molar-refractivity contribution < 1.29 is 19.5 Å². The number of carbonyl (C=O) groups excluding carboxylic acids is 2. The number of anilines is 1. The Morgan fingerprint density at radius 3 is 2.50 bits per heavy atom. The number of carboxylic acid groups (broad SMARTS) is 1. The lowest BCUT2D eigenvalue weighted by atomic mass is 10.1. The molecule has 2 fully saturated rings. The lowest BCUT2D eigenvalue weighted by Gasteiger charge is -2.22. The van der Waals surface area contributed by atoms with Crippen molar-refractivity contribution in [2.45, 2.75) is 18.9 Å². The van der Waals surface area contributed by atoms with Gasteiger partial charge in [0, 0.05) is 30.9 Å². The molecule has 2 saturated heterocycles. The van der Waals surface area contributed by atoms with E-state index in [2.05, 4.69) is 5.32 Å². The number of nitrogens with zero attached hydrogens (tertiary/aromatic N) is 2. The van der Waals surface area contributed by atoms with Crippen LogP contribution in [0.5, 0.6) is 0 Å². The van der Waals surface area contributed by atoms with Crippen LogP contribution in [-0.2, 0) is 4.79 Å². The van der Waals surface area contributed by atoms with Gasteiger partial charge in [0.1, 0.15) is 6.04 Å². The first kappa shape index (κ1) is 14.4. The van der Waals surface area contributed by atoms with Gasteiger partial charge in [-0.1, -0.05) is 0 Å². The molecular formula is C15H17N3O4. The normalized spacial score (nSPS) is 21.1. The minimum absolute atomic E-state index is 0.149. The zero-order valence-corrected chi connectivity index (χ0v) is 12.0. The maximum Gasteiger partial charge on any atom is 0.326 e. The van der Waals surface area contributed by atoms with Crippen LogP contribution in [0, 0.1) is 0 Å². The molecule has 7 heteroatoms. The summed E-state index contributed by atoms with van der Waals surface area (Å²) >= 11 is 0. The minimum Gasteiger partial charge on any atom is -0.480 e. The molecule has 3 amide bonds. The number of carbonyl (C=O) groups is 3. The number of rotatable bonds is 3. The molecule has 0 aromatic heterocycles. The lowest BCUT2D eigenvalue weighted by molar-refractivity contribution is -0.141. The van der Waals surface area contributed by atoms with Gasteiger partial charge in [-0.05, 0) is 37.1 Å². The summed E-state index contributed by atoms with van der Waals surface area (Å²) in [6, 6.07) is 5.82. The molecule has 0 spiro atoms. The largest absolute Gasteiger partial charge is 0.480 e. The average Bonchev–Trinajstić information content (AvgIpc) is 3.15. The number of aliphatic carboxylic acids is 1. The molecule has 22 heavy (non-hydrogen) atoms. The SMILES string of the molecule is O=C(O)[C@H]1CCCN1C(=O)c1ccc(N2CCNC2=O)cc1. The van der Waals surface area contributed by atoms with E-state index in [9.17, 15) is 14.4 Å². The van der Waals surface area contributed by atoms with Crippen LogP contribution in [0.2, 0.25) is 0 Å². The maximum atomic E-state index is 12.4. The Morgan fingerprint density at radius 1 is 1.18 bits per heavy atom. The van der Waals surface area contributed by atoms with Crippen LogP contribution in [0.4, 0.5) is 10.5 Å². The Kier molecular flexibility index (Phi) is 3.70. The first-order valence-corrected chi connectivity index (χ1v) is 7.27. The highest BCUT2D eigenvalue weighted by Gasteiger charge is 2.34. The van der Waals surface area contributed by atoms with Gasteiger partial charge < -0.3 is 15.3 Å². The molecule has 0 bridgehead atoms. The van der Waals surface area contributed by atoms with Gasteiger partial charge in [0.05, 0.1) is 0 Å². The van der Waals surface area contributed by atoms with Crippen molar-refractivity contribution in [3.05, 3.63) is 29.8 Å². The van der Waals surface area contributed by atoms with E-state index < -0.39 is 12.0 Å². The van der Waals surface area contributed by atoms with Crippen molar-refractivity contribution in [2.24, 2.45) is 0 Å². The summed E-state index contributed by atoms with van der Waals surface area (Å²) in [6.07, 6.45) is 1.20. The molecule has 7 nitrogen and oxygen atoms in total. The minimum atomic E-state index is -0.962. The monoisotopic (exact) mass is 303 g/mol. The second-order valence-corrected chi connectivity index (χ2v) is 5.43. The highest BCUT2D eigenvalue weighted by atomic mass is 16.4. The van der Waals surface area contributed by atoms with Crippen molar-refractivity contribution in [2.75, 3.05) is 24.5 Å². The zero-order chi connectivity index (χ0) is 15.7. The van der Waals surface area contributed by atoms with Crippen LogP contribution < -0.4 is 10.2 Å². The summed E-state index contributed by atoms with van der Waals surface area (Å²) in [5, 5.41) is 11.9. The van der Waals surface area contributed by atoms with Crippen LogP contribution in [0.1, 0.15) is 23.2 Å². The molecule has 3 rings (SSSR count). The van der Waals surface area contributed by atoms with Crippen molar-refractivity contribution in [1.29, 1.82) is 0 Å². The van der Waals surface area contributed by atoms with E-state index >= 15 is 0 Å². The van der Waals surface area contributed by atoms with Gasteiger partial charge in [-0.2, -0.15) is 0 Å². The summed E-state index contributed by atoms with van der Waals surface area (Å²) in [6.45, 7) is 1.67. The molecule has 2 heterocycles. The van der Waals surface area contributed by atoms with Gasteiger partial charge in [0.15, 0.2) is 0 Å². The number of benzene rings is 1. The van der Waals surface area contributed by atoms with E-state index in [0.29, 0.717) is 38.0 Å². The number of amides is 3. The highest BCUT2D eigenvalue weighted by Crippen LogP contribution is 2.22. The summed E-state index contributed by atoms with van der Waals surface area (Å²) in [7, 11) is 0. The molecule has 0 radical (unpaired) electrons. The fourth-order valence-corrected chi connectivity index (χ4v) is 2.93. The molecule has 116 valence electrons. The van der Waals surface area contributed by atoms with Crippen LogP contribution in [0.25, 0.3) is 0 Å². The van der Waals surface area contributed by atoms with Crippen LogP contribution in [-0.4, -0.2) is 53.6 Å². The van der Waals surface area contributed by atoms with E-state index in [1.807, 2.05) is 0 Å². The van der Waals surface area contributed by atoms with Gasteiger partial charge in [0.25, 0.3) is 5.91 Å². The van der Waals surface area contributed by atoms with E-state index in [-0.39, 0.29) is 11.9 Å². The second kappa shape index (κ2) is 5.67. The molecule has 0 saturated carbocycles. The number of hydrogen-bond donors (Lipinski definition) is 2. The summed E-state index contributed by atoms with van der Waals surface area (Å²) in [5.41, 5.74) is 1.17. The number of likely N-dealkylation sites (tertiary alicyclic amines) is 1. The highest BCUT2D eigenvalue weighted by molar-refractivity contribution is 5.98. The fraction of sp³-hybridized carbons (Fsp3) is 0.400. The van der Waals surface area contributed by atoms with Crippen LogP contribution in [0.15, 0.2) is 24.3 Å². The standard InChI is InChI=1S/C15H17N3O4/c19-13(18-8-1-2-12(18)14(20)21)10-3-5-11(6-4-10)17-9-7-16-15(17)22/h3-6,12H,1-2,7-9H2,(H,16,22)(H,20,21)/t12-/m1/s1. The predicted octanol–water partition coefficient (Wildman–Crippen LogP) is 0.905. The maximum absolute atomic E-state index is 12.4. The number of urea groups is 1. The third-order valence-electron chi connectivity index (χ3n) is 4.08. The van der Waals surface area contributed by atoms with Crippen molar-refractivity contribution in [3.63, 3.8) is 0 Å². The molecule has 0 unspecified atom stereocenters. The number of nitrogens with one attached hydrogen (secondary N) is 1. The average molecular weight is 303 g/mol. The molecule has 1 aromatic rings. The van der Waals surface area contributed by atoms with Gasteiger partial charge >= 0.3 is 12.0 Å². The Labute approximate surface area is 127 Å².